The highest BCUT2D eigenvalue weighted by Crippen LogP contribution is 2.30. The molecule has 0 saturated carbocycles. The number of nitrogens with zero attached hydrogens (tertiary/aromatic N) is 7. The van der Waals surface area contributed by atoms with Gasteiger partial charge in [-0.05, 0) is 68.8 Å². The predicted molar refractivity (Wildman–Crippen MR) is 160 cm³/mol. The highest BCUT2D eigenvalue weighted by atomic mass is 19.3. The Morgan fingerprint density at radius 3 is 2.67 bits per heavy atom. The Kier molecular flexibility index (Phi) is 8.11. The van der Waals surface area contributed by atoms with Gasteiger partial charge in [0.25, 0.3) is 6.43 Å². The summed E-state index contributed by atoms with van der Waals surface area (Å²) in [5, 5.41) is 14.2. The maximum atomic E-state index is 12.9. The average Bonchev–Trinajstić information content (AvgIpc) is 3.57. The number of ether oxygens (including phenoxy) is 2. The molecule has 0 aliphatic carbocycles. The third-order valence-corrected chi connectivity index (χ3v) is 8.59. The molecule has 6 heterocycles. The lowest BCUT2D eigenvalue weighted by Crippen LogP contribution is -2.35. The molecule has 0 amide bonds. The number of carbonyl (C=O) groups is 1. The molecule has 5 aromatic rings. The molecule has 0 unspecified atom stereocenters. The van der Waals surface area contributed by atoms with E-state index in [0.717, 1.165) is 61.5 Å². The van der Waals surface area contributed by atoms with Gasteiger partial charge in [0.1, 0.15) is 19.0 Å². The van der Waals surface area contributed by atoms with Crippen LogP contribution in [0.25, 0.3) is 22.1 Å². The lowest BCUT2D eigenvalue weighted by Gasteiger charge is -2.32. The number of fused-ring (bicyclic) bond motifs is 2. The number of piperidine rings is 1. The van der Waals surface area contributed by atoms with E-state index in [9.17, 15) is 18.7 Å². The van der Waals surface area contributed by atoms with Crippen LogP contribution in [0.15, 0.2) is 54.7 Å². The normalized spacial score (nSPS) is 17.7. The number of imidazole rings is 1. The van der Waals surface area contributed by atoms with Crippen molar-refractivity contribution in [3.8, 4) is 5.88 Å². The molecule has 11 nitrogen and oxygen atoms in total. The first kappa shape index (κ1) is 29.2. The highest BCUT2D eigenvalue weighted by molar-refractivity contribution is 5.92. The molecular weight excluding hydrogens is 584 g/mol. The Bertz CT molecular complexity index is 1830. The van der Waals surface area contributed by atoms with E-state index in [0.29, 0.717) is 35.7 Å². The lowest BCUT2D eigenvalue weighted by atomic mass is 9.93. The Morgan fingerprint density at radius 2 is 1.91 bits per heavy atom. The van der Waals surface area contributed by atoms with Gasteiger partial charge in [0.05, 0.1) is 47.7 Å². The molecule has 1 N–H and O–H groups in total. The maximum absolute atomic E-state index is 12.9. The van der Waals surface area contributed by atoms with Gasteiger partial charge in [0.15, 0.2) is 5.65 Å². The molecule has 0 bridgehead atoms. The topological polar surface area (TPSA) is 120 Å². The second-order valence-corrected chi connectivity index (χ2v) is 11.6. The van der Waals surface area contributed by atoms with Crippen molar-refractivity contribution in [3.05, 3.63) is 77.5 Å². The first-order valence-corrected chi connectivity index (χ1v) is 15.2. The number of benzene rings is 1. The Balaban J connectivity index is 0.990. The highest BCUT2D eigenvalue weighted by Gasteiger charge is 2.26. The molecule has 1 aromatic carbocycles. The van der Waals surface area contributed by atoms with Crippen LogP contribution in [0.2, 0.25) is 0 Å². The van der Waals surface area contributed by atoms with Crippen LogP contribution in [0, 0.1) is 0 Å². The monoisotopic (exact) mass is 617 g/mol. The van der Waals surface area contributed by atoms with E-state index in [-0.39, 0.29) is 24.2 Å². The van der Waals surface area contributed by atoms with E-state index in [2.05, 4.69) is 19.5 Å². The molecule has 4 aromatic heterocycles. The van der Waals surface area contributed by atoms with Crippen molar-refractivity contribution < 1.29 is 28.2 Å². The van der Waals surface area contributed by atoms with Crippen LogP contribution in [0.4, 0.5) is 8.78 Å². The first-order valence-electron chi connectivity index (χ1n) is 15.2. The second kappa shape index (κ2) is 12.5. The van der Waals surface area contributed by atoms with Gasteiger partial charge in [0, 0.05) is 29.7 Å². The van der Waals surface area contributed by atoms with Gasteiger partial charge in [-0.15, -0.1) is 0 Å². The van der Waals surface area contributed by atoms with Crippen molar-refractivity contribution in [2.45, 2.75) is 64.0 Å². The zero-order valence-electron chi connectivity index (χ0n) is 24.6. The van der Waals surface area contributed by atoms with Gasteiger partial charge >= 0.3 is 5.97 Å². The zero-order chi connectivity index (χ0) is 30.9. The molecule has 13 heteroatoms. The van der Waals surface area contributed by atoms with Gasteiger partial charge in [-0.3, -0.25) is 4.90 Å². The molecular formula is C32H33F2N7O4. The summed E-state index contributed by atoms with van der Waals surface area (Å²) in [7, 11) is 0. The van der Waals surface area contributed by atoms with Crippen molar-refractivity contribution in [2.75, 3.05) is 19.7 Å². The average molecular weight is 618 g/mol. The fourth-order valence-corrected chi connectivity index (χ4v) is 6.07. The molecule has 2 aliphatic rings. The summed E-state index contributed by atoms with van der Waals surface area (Å²) in [6, 6.07) is 14.5. The number of aromatic nitrogens is 6. The molecule has 234 valence electrons. The summed E-state index contributed by atoms with van der Waals surface area (Å²) >= 11 is 0. The number of carboxylic acid groups (broad SMARTS) is 1. The van der Waals surface area contributed by atoms with Gasteiger partial charge in [-0.2, -0.15) is 5.10 Å². The molecule has 0 spiro atoms. The third kappa shape index (κ3) is 6.36. The number of aromatic carboxylic acids is 1. The minimum absolute atomic E-state index is 0.119. The number of alkyl halides is 2. The van der Waals surface area contributed by atoms with Crippen LogP contribution < -0.4 is 4.74 Å². The van der Waals surface area contributed by atoms with E-state index in [4.69, 9.17) is 19.4 Å². The quantitative estimate of drug-likeness (QED) is 0.221. The summed E-state index contributed by atoms with van der Waals surface area (Å²) in [4.78, 5) is 28.1. The summed E-state index contributed by atoms with van der Waals surface area (Å²) < 4.78 is 40.8. The van der Waals surface area contributed by atoms with Gasteiger partial charge in [-0.25, -0.2) is 33.2 Å². The Morgan fingerprint density at radius 1 is 1.07 bits per heavy atom. The minimum atomic E-state index is -2.52. The summed E-state index contributed by atoms with van der Waals surface area (Å²) in [6.07, 6.45) is 1.97. The molecule has 0 radical (unpaired) electrons. The van der Waals surface area contributed by atoms with E-state index in [1.165, 1.54) is 10.9 Å². The van der Waals surface area contributed by atoms with E-state index in [1.54, 1.807) is 30.3 Å². The summed E-state index contributed by atoms with van der Waals surface area (Å²) in [5.41, 5.74) is 3.85. The van der Waals surface area contributed by atoms with Crippen molar-refractivity contribution in [1.29, 1.82) is 0 Å². The number of hydrogen-bond acceptors (Lipinski definition) is 8. The lowest BCUT2D eigenvalue weighted by molar-refractivity contribution is -0.0592. The Hall–Kier alpha value is -4.49. The number of pyridine rings is 2. The smallest absolute Gasteiger partial charge is 0.335 e. The third-order valence-electron chi connectivity index (χ3n) is 8.59. The van der Waals surface area contributed by atoms with Crippen LogP contribution in [0.3, 0.4) is 0 Å². The van der Waals surface area contributed by atoms with Crippen LogP contribution in [0.1, 0.15) is 52.8 Å². The molecule has 45 heavy (non-hydrogen) atoms. The molecule has 2 aliphatic heterocycles. The number of rotatable bonds is 11. The van der Waals surface area contributed by atoms with Gasteiger partial charge in [-0.1, -0.05) is 6.07 Å². The number of halogens is 2. The van der Waals surface area contributed by atoms with Crippen molar-refractivity contribution in [1.82, 2.24) is 34.2 Å². The van der Waals surface area contributed by atoms with Crippen LogP contribution >= 0.6 is 0 Å². The van der Waals surface area contributed by atoms with Crippen molar-refractivity contribution in [2.24, 2.45) is 0 Å². The van der Waals surface area contributed by atoms with Crippen LogP contribution in [-0.4, -0.2) is 77.5 Å². The van der Waals surface area contributed by atoms with E-state index < -0.39 is 18.9 Å². The molecule has 7 rings (SSSR count). The minimum Gasteiger partial charge on any atom is -0.478 e. The fourth-order valence-electron chi connectivity index (χ4n) is 6.07. The van der Waals surface area contributed by atoms with Crippen LogP contribution in [0.5, 0.6) is 5.88 Å². The summed E-state index contributed by atoms with van der Waals surface area (Å²) in [5.74, 6) is 0.734. The van der Waals surface area contributed by atoms with E-state index >= 15 is 0 Å². The van der Waals surface area contributed by atoms with Gasteiger partial charge in [0.2, 0.25) is 5.88 Å². The van der Waals surface area contributed by atoms with Crippen molar-refractivity contribution >= 4 is 28.0 Å². The largest absolute Gasteiger partial charge is 0.478 e. The number of hydrogen-bond donors (Lipinski definition) is 1. The second-order valence-electron chi connectivity index (χ2n) is 11.6. The molecule has 2 saturated heterocycles. The Labute approximate surface area is 257 Å². The van der Waals surface area contributed by atoms with E-state index in [1.807, 2.05) is 18.2 Å². The standard InChI is InChI=1S/C32H33F2N7O4/c33-28(34)17-41-31-22(15-35-41)4-6-23(36-31)19-45-30-3-1-2-25(38-30)20-8-11-39(12-9-20)18-29-37-26-7-5-21(32(42)43)14-27(26)40(29)16-24-10-13-44-24/h1-7,14-15,20,24,28H,8-13,16-19H2,(H,42,43)/t24-/m0/s1. The molecule has 1 atom stereocenters. The predicted octanol–water partition coefficient (Wildman–Crippen LogP) is 4.89. The summed E-state index contributed by atoms with van der Waals surface area (Å²) in [6.45, 7) is 3.47. The molecule has 2 fully saturated rings. The zero-order valence-corrected chi connectivity index (χ0v) is 24.6. The number of carboxylic acids is 1. The maximum Gasteiger partial charge on any atom is 0.335 e. The number of likely N-dealkylation sites (tertiary alicyclic amines) is 1. The fraction of sp³-hybridized carbons (Fsp3) is 0.406. The SMILES string of the molecule is O=C(O)c1ccc2nc(CN3CCC(c4cccc(OCc5ccc6cnn(CC(F)F)c6n5)n4)CC3)n(C[C@@H]3CCO3)c2c1. The first-order chi connectivity index (χ1) is 21.9. The van der Waals surface area contributed by atoms with Crippen LogP contribution in [-0.2, 0) is 31.0 Å². The van der Waals surface area contributed by atoms with Crippen molar-refractivity contribution in [3.63, 3.8) is 0 Å². The van der Waals surface area contributed by atoms with Gasteiger partial charge < -0.3 is 19.1 Å².